The van der Waals surface area contributed by atoms with Crippen molar-refractivity contribution in [1.29, 1.82) is 0 Å². The molecule has 2 aromatic rings. The van der Waals surface area contributed by atoms with E-state index in [1.165, 1.54) is 12.1 Å². The molecule has 4 nitrogen and oxygen atoms in total. The summed E-state index contributed by atoms with van der Waals surface area (Å²) in [6.07, 6.45) is 5.18. The van der Waals surface area contributed by atoms with E-state index in [1.807, 2.05) is 24.3 Å². The van der Waals surface area contributed by atoms with Crippen LogP contribution in [0.3, 0.4) is 0 Å². The predicted octanol–water partition coefficient (Wildman–Crippen LogP) is 4.85. The second-order valence-corrected chi connectivity index (χ2v) is 6.95. The van der Waals surface area contributed by atoms with Crippen molar-refractivity contribution in [2.75, 3.05) is 30.4 Å². The third-order valence-electron chi connectivity index (χ3n) is 4.29. The first-order valence-corrected chi connectivity index (χ1v) is 9.24. The van der Waals surface area contributed by atoms with Crippen molar-refractivity contribution in [3.8, 4) is 5.75 Å². The Balaban J connectivity index is 1.79. The fourth-order valence-corrected chi connectivity index (χ4v) is 3.40. The van der Waals surface area contributed by atoms with E-state index in [0.29, 0.717) is 5.75 Å². The Kier molecular flexibility index (Phi) is 5.93. The van der Waals surface area contributed by atoms with Crippen LogP contribution in [0.25, 0.3) is 6.08 Å². The first-order chi connectivity index (χ1) is 12.6. The number of ether oxygens (including phenoxy) is 1. The molecule has 0 bridgehead atoms. The molecule has 0 saturated carbocycles. The lowest BCUT2D eigenvalue weighted by Gasteiger charge is -2.21. The minimum atomic E-state index is -0.434. The van der Waals surface area contributed by atoms with Crippen LogP contribution in [-0.2, 0) is 4.79 Å². The van der Waals surface area contributed by atoms with Crippen LogP contribution in [-0.4, -0.2) is 26.1 Å². The monoisotopic (exact) mass is 418 g/mol. The lowest BCUT2D eigenvalue weighted by atomic mass is 10.2. The highest BCUT2D eigenvalue weighted by molar-refractivity contribution is 9.10. The molecule has 0 radical (unpaired) electrons. The number of hydrogen-bond donors (Lipinski definition) is 1. The lowest BCUT2D eigenvalue weighted by molar-refractivity contribution is -0.111. The zero-order valence-electron chi connectivity index (χ0n) is 14.5. The van der Waals surface area contributed by atoms with Crippen LogP contribution in [0.2, 0.25) is 0 Å². The van der Waals surface area contributed by atoms with E-state index < -0.39 is 11.7 Å². The Bertz CT molecular complexity index is 833. The van der Waals surface area contributed by atoms with Gasteiger partial charge >= 0.3 is 0 Å². The fraction of sp³-hybridized carbons (Fsp3) is 0.250. The smallest absolute Gasteiger partial charge is 0.248 e. The van der Waals surface area contributed by atoms with Gasteiger partial charge in [0.05, 0.1) is 12.8 Å². The summed E-state index contributed by atoms with van der Waals surface area (Å²) in [4.78, 5) is 14.5. The van der Waals surface area contributed by atoms with Gasteiger partial charge in [-0.05, 0) is 49.2 Å². The summed E-state index contributed by atoms with van der Waals surface area (Å²) in [5.74, 6) is -0.172. The Morgan fingerprint density at radius 3 is 2.77 bits per heavy atom. The second-order valence-electron chi connectivity index (χ2n) is 6.04. The minimum Gasteiger partial charge on any atom is -0.496 e. The van der Waals surface area contributed by atoms with Crippen molar-refractivity contribution in [3.05, 3.63) is 58.3 Å². The maximum atomic E-state index is 14.3. The normalized spacial score (nSPS) is 14.0. The van der Waals surface area contributed by atoms with Crippen molar-refractivity contribution in [2.45, 2.75) is 12.8 Å². The number of benzene rings is 2. The minimum absolute atomic E-state index is 0.227. The Labute approximate surface area is 160 Å². The third-order valence-corrected chi connectivity index (χ3v) is 4.79. The van der Waals surface area contributed by atoms with Crippen molar-refractivity contribution >= 4 is 39.3 Å². The van der Waals surface area contributed by atoms with Crippen molar-refractivity contribution in [1.82, 2.24) is 0 Å². The zero-order valence-corrected chi connectivity index (χ0v) is 16.1. The van der Waals surface area contributed by atoms with Gasteiger partial charge in [-0.25, -0.2) is 4.39 Å². The van der Waals surface area contributed by atoms with Crippen LogP contribution in [0.5, 0.6) is 5.75 Å². The van der Waals surface area contributed by atoms with Crippen LogP contribution < -0.4 is 15.0 Å². The van der Waals surface area contributed by atoms with Gasteiger partial charge in [0.2, 0.25) is 5.91 Å². The molecule has 26 heavy (non-hydrogen) atoms. The van der Waals surface area contributed by atoms with E-state index >= 15 is 0 Å². The number of carbonyl (C=O) groups is 1. The number of rotatable bonds is 5. The maximum Gasteiger partial charge on any atom is 0.248 e. The number of hydrogen-bond acceptors (Lipinski definition) is 3. The molecule has 0 aromatic heterocycles. The number of nitrogens with zero attached hydrogens (tertiary/aromatic N) is 1. The topological polar surface area (TPSA) is 41.6 Å². The number of methoxy groups -OCH3 is 1. The number of nitrogens with one attached hydrogen (secondary N) is 1. The van der Waals surface area contributed by atoms with Crippen molar-refractivity contribution in [2.24, 2.45) is 0 Å². The summed E-state index contributed by atoms with van der Waals surface area (Å²) in [6.45, 7) is 1.74. The summed E-state index contributed by atoms with van der Waals surface area (Å²) in [6, 6.07) is 10.4. The molecule has 0 unspecified atom stereocenters. The second kappa shape index (κ2) is 8.36. The Morgan fingerprint density at radius 2 is 2.04 bits per heavy atom. The molecule has 1 saturated heterocycles. The average Bonchev–Trinajstić information content (AvgIpc) is 3.16. The standard InChI is InChI=1S/C20H20BrFN2O2/c1-26-18-9-8-15(21)13-14(18)7-10-19(25)23-20-16(22)5-4-6-17(20)24-11-2-3-12-24/h4-10,13H,2-3,11-12H2,1H3,(H,23,25)/b10-7+. The fourth-order valence-electron chi connectivity index (χ4n) is 3.02. The molecule has 1 fully saturated rings. The molecule has 0 aliphatic carbocycles. The molecule has 0 spiro atoms. The molecule has 6 heteroatoms. The highest BCUT2D eigenvalue weighted by Gasteiger charge is 2.19. The van der Waals surface area contributed by atoms with Crippen LogP contribution in [0.15, 0.2) is 46.9 Å². The largest absolute Gasteiger partial charge is 0.496 e. The van der Waals surface area contributed by atoms with E-state index in [0.717, 1.165) is 41.7 Å². The van der Waals surface area contributed by atoms with Gasteiger partial charge in [0.1, 0.15) is 17.3 Å². The van der Waals surface area contributed by atoms with Gasteiger partial charge < -0.3 is 15.0 Å². The van der Waals surface area contributed by atoms with Crippen molar-refractivity contribution < 1.29 is 13.9 Å². The summed E-state index contributed by atoms with van der Waals surface area (Å²) >= 11 is 3.40. The van der Waals surface area contributed by atoms with E-state index in [1.54, 1.807) is 19.3 Å². The molecule has 1 amide bonds. The number of carbonyl (C=O) groups excluding carboxylic acids is 1. The summed E-state index contributed by atoms with van der Waals surface area (Å²) in [7, 11) is 1.57. The van der Waals surface area contributed by atoms with E-state index in [4.69, 9.17) is 4.74 Å². The lowest BCUT2D eigenvalue weighted by Crippen LogP contribution is -2.21. The average molecular weight is 419 g/mol. The Morgan fingerprint density at radius 1 is 1.27 bits per heavy atom. The molecule has 2 aromatic carbocycles. The van der Waals surface area contributed by atoms with E-state index in [2.05, 4.69) is 26.1 Å². The van der Waals surface area contributed by atoms with Crippen LogP contribution in [0, 0.1) is 5.82 Å². The first kappa shape index (κ1) is 18.5. The van der Waals surface area contributed by atoms with Gasteiger partial charge in [-0.2, -0.15) is 0 Å². The highest BCUT2D eigenvalue weighted by Crippen LogP contribution is 2.31. The molecule has 3 rings (SSSR count). The van der Waals surface area contributed by atoms with Crippen LogP contribution in [0.4, 0.5) is 15.8 Å². The predicted molar refractivity (Wildman–Crippen MR) is 106 cm³/mol. The summed E-state index contributed by atoms with van der Waals surface area (Å²) in [5.41, 5.74) is 1.71. The quantitative estimate of drug-likeness (QED) is 0.705. The maximum absolute atomic E-state index is 14.3. The number of amides is 1. The number of para-hydroxylation sites is 1. The number of anilines is 2. The molecule has 1 aliphatic rings. The molecule has 1 N–H and O–H groups in total. The van der Waals surface area contributed by atoms with Crippen LogP contribution >= 0.6 is 15.9 Å². The van der Waals surface area contributed by atoms with Gasteiger partial charge in [-0.3, -0.25) is 4.79 Å². The molecule has 136 valence electrons. The SMILES string of the molecule is COc1ccc(Br)cc1/C=C/C(=O)Nc1c(F)cccc1N1CCCC1. The molecule has 1 aliphatic heterocycles. The zero-order chi connectivity index (χ0) is 18.5. The molecular weight excluding hydrogens is 399 g/mol. The van der Waals surface area contributed by atoms with Gasteiger partial charge in [0, 0.05) is 29.2 Å². The van der Waals surface area contributed by atoms with Crippen molar-refractivity contribution in [3.63, 3.8) is 0 Å². The first-order valence-electron chi connectivity index (χ1n) is 8.44. The van der Waals surface area contributed by atoms with E-state index in [-0.39, 0.29) is 5.69 Å². The van der Waals surface area contributed by atoms with Gasteiger partial charge in [0.25, 0.3) is 0 Å². The highest BCUT2D eigenvalue weighted by atomic mass is 79.9. The van der Waals surface area contributed by atoms with Crippen LogP contribution in [0.1, 0.15) is 18.4 Å². The van der Waals surface area contributed by atoms with Gasteiger partial charge in [-0.1, -0.05) is 22.0 Å². The molecule has 0 atom stereocenters. The number of halogens is 2. The van der Waals surface area contributed by atoms with Gasteiger partial charge in [-0.15, -0.1) is 0 Å². The molecule has 1 heterocycles. The summed E-state index contributed by atoms with van der Waals surface area (Å²) in [5, 5.41) is 2.68. The van der Waals surface area contributed by atoms with E-state index in [9.17, 15) is 9.18 Å². The molecular formula is C20H20BrFN2O2. The van der Waals surface area contributed by atoms with Gasteiger partial charge in [0.15, 0.2) is 0 Å². The third kappa shape index (κ3) is 4.25. The summed E-state index contributed by atoms with van der Waals surface area (Å²) < 4.78 is 20.5. The Hall–Kier alpha value is -2.34.